The normalized spacial score (nSPS) is 12.6. The maximum atomic E-state index is 11.7. The zero-order valence-electron chi connectivity index (χ0n) is 10.9. The highest BCUT2D eigenvalue weighted by molar-refractivity contribution is 6.32. The molecule has 0 saturated heterocycles. The Balaban J connectivity index is 3.38. The molecule has 0 heterocycles. The summed E-state index contributed by atoms with van der Waals surface area (Å²) in [5.74, 6) is -0.111. The molecule has 0 fully saturated rings. The number of nitro groups is 1. The van der Waals surface area contributed by atoms with Gasteiger partial charge in [-0.25, -0.2) is 0 Å². The van der Waals surface area contributed by atoms with Crippen LogP contribution >= 0.6 is 11.6 Å². The van der Waals surface area contributed by atoms with Gasteiger partial charge < -0.3 is 0 Å². The molecule has 0 N–H and O–H groups in total. The molecule has 1 rings (SSSR count). The van der Waals surface area contributed by atoms with Gasteiger partial charge in [0.15, 0.2) is 0 Å². The number of rotatable bonds is 4. The average molecular weight is 270 g/mol. The van der Waals surface area contributed by atoms with E-state index in [9.17, 15) is 14.9 Å². The lowest BCUT2D eigenvalue weighted by Gasteiger charge is -2.20. The van der Waals surface area contributed by atoms with Crippen LogP contribution in [0.25, 0.3) is 0 Å². The predicted octanol–water partition coefficient (Wildman–Crippen LogP) is 3.89. The van der Waals surface area contributed by atoms with Crippen molar-refractivity contribution < 1.29 is 9.72 Å². The fraction of sp³-hybridized carbons (Fsp3) is 0.462. The molecular weight excluding hydrogens is 254 g/mol. The lowest BCUT2D eigenvalue weighted by molar-refractivity contribution is -0.384. The van der Waals surface area contributed by atoms with Gasteiger partial charge >= 0.3 is 0 Å². The van der Waals surface area contributed by atoms with Gasteiger partial charge in [-0.05, 0) is 37.0 Å². The third-order valence-electron chi connectivity index (χ3n) is 2.97. The van der Waals surface area contributed by atoms with Gasteiger partial charge in [-0.3, -0.25) is 14.9 Å². The summed E-state index contributed by atoms with van der Waals surface area (Å²) in [4.78, 5) is 22.0. The van der Waals surface area contributed by atoms with Crippen molar-refractivity contribution in [3.05, 3.63) is 38.4 Å². The highest BCUT2D eigenvalue weighted by atomic mass is 35.5. The summed E-state index contributed by atoms with van der Waals surface area (Å²) in [5, 5.41) is 10.9. The SMILES string of the molecule is CC(=O)C(c1cc(Cl)c([N+](=O)[O-])cc1C)C(C)C. The fourth-order valence-electron chi connectivity index (χ4n) is 2.20. The molecule has 1 atom stereocenters. The Morgan fingerprint density at radius 1 is 1.39 bits per heavy atom. The summed E-state index contributed by atoms with van der Waals surface area (Å²) >= 11 is 5.90. The standard InChI is InChI=1S/C13H16ClNO3/c1-7(2)13(9(4)16)10-6-11(14)12(15(17)18)5-8(10)3/h5-7,13H,1-4H3. The van der Waals surface area contributed by atoms with E-state index in [0.29, 0.717) is 0 Å². The molecule has 1 aromatic rings. The quantitative estimate of drug-likeness (QED) is 0.615. The molecule has 1 unspecified atom stereocenters. The molecule has 1 aromatic carbocycles. The van der Waals surface area contributed by atoms with Gasteiger partial charge in [-0.2, -0.15) is 0 Å². The number of carbonyl (C=O) groups is 1. The number of nitrogens with zero attached hydrogens (tertiary/aromatic N) is 1. The Morgan fingerprint density at radius 3 is 2.33 bits per heavy atom. The van der Waals surface area contributed by atoms with E-state index < -0.39 is 4.92 Å². The third kappa shape index (κ3) is 2.88. The number of hydrogen-bond acceptors (Lipinski definition) is 3. The van der Waals surface area contributed by atoms with Gasteiger partial charge in [0, 0.05) is 12.0 Å². The second-order valence-corrected chi connectivity index (χ2v) is 5.16. The number of Topliss-reactive ketones (excluding diaryl/α,β-unsaturated/α-hetero) is 1. The van der Waals surface area contributed by atoms with Crippen LogP contribution in [-0.4, -0.2) is 10.7 Å². The van der Waals surface area contributed by atoms with E-state index in [1.54, 1.807) is 13.0 Å². The summed E-state index contributed by atoms with van der Waals surface area (Å²) in [7, 11) is 0. The van der Waals surface area contributed by atoms with E-state index in [-0.39, 0.29) is 28.3 Å². The Kier molecular flexibility index (Phi) is 4.46. The van der Waals surface area contributed by atoms with E-state index in [0.717, 1.165) is 11.1 Å². The van der Waals surface area contributed by atoms with Crippen LogP contribution < -0.4 is 0 Å². The maximum Gasteiger partial charge on any atom is 0.288 e. The first-order valence-electron chi connectivity index (χ1n) is 5.70. The average Bonchev–Trinajstić information content (AvgIpc) is 2.21. The molecule has 4 nitrogen and oxygen atoms in total. The second kappa shape index (κ2) is 5.48. The molecule has 0 radical (unpaired) electrons. The summed E-state index contributed by atoms with van der Waals surface area (Å²) in [6.45, 7) is 7.18. The molecule has 0 aliphatic carbocycles. The van der Waals surface area contributed by atoms with Crippen LogP contribution in [0.1, 0.15) is 37.8 Å². The Hall–Kier alpha value is -1.42. The predicted molar refractivity (Wildman–Crippen MR) is 71.1 cm³/mol. The van der Waals surface area contributed by atoms with Gasteiger partial charge in [0.25, 0.3) is 5.69 Å². The number of benzene rings is 1. The number of hydrogen-bond donors (Lipinski definition) is 0. The van der Waals surface area contributed by atoms with Crippen LogP contribution in [0, 0.1) is 23.0 Å². The van der Waals surface area contributed by atoms with E-state index >= 15 is 0 Å². The fourth-order valence-corrected chi connectivity index (χ4v) is 2.45. The van der Waals surface area contributed by atoms with Crippen molar-refractivity contribution in [1.82, 2.24) is 0 Å². The van der Waals surface area contributed by atoms with Crippen LogP contribution in [0.4, 0.5) is 5.69 Å². The number of nitro benzene ring substituents is 1. The number of carbonyl (C=O) groups excluding carboxylic acids is 1. The number of aryl methyl sites for hydroxylation is 1. The number of ketones is 1. The molecule has 98 valence electrons. The van der Waals surface area contributed by atoms with E-state index in [2.05, 4.69) is 0 Å². The molecule has 0 aliphatic rings. The van der Waals surface area contributed by atoms with Crippen molar-refractivity contribution >= 4 is 23.1 Å². The lowest BCUT2D eigenvalue weighted by Crippen LogP contribution is -2.16. The Morgan fingerprint density at radius 2 is 1.94 bits per heavy atom. The van der Waals surface area contributed by atoms with Crippen LogP contribution in [0.5, 0.6) is 0 Å². The molecular formula is C13H16ClNO3. The molecule has 0 amide bonds. The first kappa shape index (κ1) is 14.6. The van der Waals surface area contributed by atoms with Gasteiger partial charge in [0.2, 0.25) is 0 Å². The van der Waals surface area contributed by atoms with Crippen LogP contribution in [0.15, 0.2) is 12.1 Å². The lowest BCUT2D eigenvalue weighted by atomic mass is 9.83. The minimum Gasteiger partial charge on any atom is -0.299 e. The van der Waals surface area contributed by atoms with Gasteiger partial charge in [0.05, 0.1) is 4.92 Å². The molecule has 0 aromatic heterocycles. The van der Waals surface area contributed by atoms with E-state index in [1.807, 2.05) is 13.8 Å². The van der Waals surface area contributed by atoms with Gasteiger partial charge in [0.1, 0.15) is 10.8 Å². The second-order valence-electron chi connectivity index (χ2n) is 4.75. The van der Waals surface area contributed by atoms with Crippen molar-refractivity contribution in [3.8, 4) is 0 Å². The Bertz CT molecular complexity index is 497. The molecule has 0 bridgehead atoms. The molecule has 5 heteroatoms. The number of halogens is 1. The van der Waals surface area contributed by atoms with E-state index in [1.165, 1.54) is 13.0 Å². The topological polar surface area (TPSA) is 60.2 Å². The van der Waals surface area contributed by atoms with Crippen molar-refractivity contribution in [2.75, 3.05) is 0 Å². The first-order chi connectivity index (χ1) is 8.25. The van der Waals surface area contributed by atoms with Crippen molar-refractivity contribution in [2.24, 2.45) is 5.92 Å². The van der Waals surface area contributed by atoms with Crippen LogP contribution in [0.3, 0.4) is 0 Å². The largest absolute Gasteiger partial charge is 0.299 e. The van der Waals surface area contributed by atoms with Gasteiger partial charge in [-0.15, -0.1) is 0 Å². The summed E-state index contributed by atoms with van der Waals surface area (Å²) < 4.78 is 0. The van der Waals surface area contributed by atoms with Crippen molar-refractivity contribution in [3.63, 3.8) is 0 Å². The summed E-state index contributed by atoms with van der Waals surface area (Å²) in [5.41, 5.74) is 1.37. The highest BCUT2D eigenvalue weighted by Crippen LogP contribution is 2.34. The summed E-state index contributed by atoms with van der Waals surface area (Å²) in [6, 6.07) is 2.97. The minimum atomic E-state index is -0.517. The van der Waals surface area contributed by atoms with Gasteiger partial charge in [-0.1, -0.05) is 25.4 Å². The molecule has 0 spiro atoms. The zero-order chi connectivity index (χ0) is 14.0. The smallest absolute Gasteiger partial charge is 0.288 e. The van der Waals surface area contributed by atoms with E-state index in [4.69, 9.17) is 11.6 Å². The minimum absolute atomic E-state index is 0.0398. The maximum absolute atomic E-state index is 11.7. The van der Waals surface area contributed by atoms with Crippen molar-refractivity contribution in [1.29, 1.82) is 0 Å². The van der Waals surface area contributed by atoms with Crippen molar-refractivity contribution in [2.45, 2.75) is 33.6 Å². The summed E-state index contributed by atoms with van der Waals surface area (Å²) in [6.07, 6.45) is 0. The van der Waals surface area contributed by atoms with Crippen LogP contribution in [-0.2, 0) is 4.79 Å². The third-order valence-corrected chi connectivity index (χ3v) is 3.27. The first-order valence-corrected chi connectivity index (χ1v) is 6.08. The molecule has 0 saturated carbocycles. The highest BCUT2D eigenvalue weighted by Gasteiger charge is 2.25. The molecule has 0 aliphatic heterocycles. The Labute approximate surface area is 111 Å². The van der Waals surface area contributed by atoms with Crippen LogP contribution in [0.2, 0.25) is 5.02 Å². The monoisotopic (exact) mass is 269 g/mol. The molecule has 18 heavy (non-hydrogen) atoms. The zero-order valence-corrected chi connectivity index (χ0v) is 11.6.